The summed E-state index contributed by atoms with van der Waals surface area (Å²) in [6.45, 7) is 4.39. The molecule has 1 heterocycles. The average molecular weight is 274 g/mol. The lowest BCUT2D eigenvalue weighted by Gasteiger charge is -2.22. The third-order valence-corrected chi connectivity index (χ3v) is 4.47. The highest BCUT2D eigenvalue weighted by Gasteiger charge is 2.26. The standard InChI is InChI=1S/C17H26N2O/c1-20-11-9-15-4-2-3-5-17(15)19-10-8-14(13-19)12-18-16-6-7-16/h2-5,14,16,18H,6-13H2,1H3. The van der Waals surface area contributed by atoms with Crippen molar-refractivity contribution < 1.29 is 4.74 Å². The topological polar surface area (TPSA) is 24.5 Å². The highest BCUT2D eigenvalue weighted by atomic mass is 16.5. The van der Waals surface area contributed by atoms with Crippen molar-refractivity contribution in [3.05, 3.63) is 29.8 Å². The number of nitrogens with zero attached hydrogens (tertiary/aromatic N) is 1. The van der Waals surface area contributed by atoms with Gasteiger partial charge in [0, 0.05) is 31.9 Å². The van der Waals surface area contributed by atoms with Gasteiger partial charge in [0.1, 0.15) is 0 Å². The van der Waals surface area contributed by atoms with Crippen molar-refractivity contribution in [2.24, 2.45) is 5.92 Å². The van der Waals surface area contributed by atoms with Gasteiger partial charge < -0.3 is 15.0 Å². The largest absolute Gasteiger partial charge is 0.384 e. The molecule has 0 radical (unpaired) electrons. The zero-order valence-electron chi connectivity index (χ0n) is 12.5. The van der Waals surface area contributed by atoms with E-state index in [1.54, 1.807) is 7.11 Å². The van der Waals surface area contributed by atoms with Gasteiger partial charge in [-0.3, -0.25) is 0 Å². The van der Waals surface area contributed by atoms with Crippen molar-refractivity contribution in [3.8, 4) is 0 Å². The van der Waals surface area contributed by atoms with Crippen molar-refractivity contribution in [3.63, 3.8) is 0 Å². The van der Waals surface area contributed by atoms with Crippen LogP contribution in [0.5, 0.6) is 0 Å². The monoisotopic (exact) mass is 274 g/mol. The van der Waals surface area contributed by atoms with E-state index in [-0.39, 0.29) is 0 Å². The quantitative estimate of drug-likeness (QED) is 0.826. The highest BCUT2D eigenvalue weighted by molar-refractivity contribution is 5.54. The molecule has 1 N–H and O–H groups in total. The molecule has 1 unspecified atom stereocenters. The Morgan fingerprint density at radius 2 is 2.10 bits per heavy atom. The van der Waals surface area contributed by atoms with Crippen molar-refractivity contribution in [2.75, 3.05) is 38.3 Å². The van der Waals surface area contributed by atoms with Gasteiger partial charge in [0.15, 0.2) is 0 Å². The van der Waals surface area contributed by atoms with E-state index in [0.717, 1.165) is 25.0 Å². The Morgan fingerprint density at radius 1 is 1.25 bits per heavy atom. The van der Waals surface area contributed by atoms with Gasteiger partial charge >= 0.3 is 0 Å². The molecule has 1 aromatic carbocycles. The molecule has 3 nitrogen and oxygen atoms in total. The molecule has 3 heteroatoms. The second-order valence-corrected chi connectivity index (χ2v) is 6.15. The zero-order chi connectivity index (χ0) is 13.8. The normalized spacial score (nSPS) is 22.4. The summed E-state index contributed by atoms with van der Waals surface area (Å²) in [7, 11) is 1.78. The number of ether oxygens (including phenoxy) is 1. The van der Waals surface area contributed by atoms with Crippen LogP contribution in [-0.4, -0.2) is 39.4 Å². The minimum atomic E-state index is 0.803. The molecule has 1 aliphatic heterocycles. The summed E-state index contributed by atoms with van der Waals surface area (Å²) in [5.41, 5.74) is 2.84. The summed E-state index contributed by atoms with van der Waals surface area (Å²) in [6, 6.07) is 9.63. The summed E-state index contributed by atoms with van der Waals surface area (Å²) in [5.74, 6) is 0.811. The molecule has 0 aromatic heterocycles. The Balaban J connectivity index is 1.58. The van der Waals surface area contributed by atoms with Crippen molar-refractivity contribution in [1.82, 2.24) is 5.32 Å². The molecule has 1 aliphatic carbocycles. The SMILES string of the molecule is COCCc1ccccc1N1CCC(CNC2CC2)C1. The Labute approximate surface area is 122 Å². The van der Waals surface area contributed by atoms with Gasteiger partial charge in [-0.05, 0) is 49.8 Å². The number of nitrogens with one attached hydrogen (secondary N) is 1. The van der Waals surface area contributed by atoms with E-state index in [1.807, 2.05) is 0 Å². The fourth-order valence-electron chi connectivity index (χ4n) is 3.08. The molecule has 1 saturated carbocycles. The minimum absolute atomic E-state index is 0.803. The summed E-state index contributed by atoms with van der Waals surface area (Å²) < 4.78 is 5.23. The van der Waals surface area contributed by atoms with Crippen LogP contribution in [-0.2, 0) is 11.2 Å². The number of para-hydroxylation sites is 1. The molecule has 110 valence electrons. The number of rotatable bonds is 7. The smallest absolute Gasteiger partial charge is 0.0503 e. The molecule has 1 saturated heterocycles. The number of methoxy groups -OCH3 is 1. The first kappa shape index (κ1) is 13.9. The average Bonchev–Trinajstić information content (AvgIpc) is 3.20. The third kappa shape index (κ3) is 3.53. The highest BCUT2D eigenvalue weighted by Crippen LogP contribution is 2.28. The molecule has 0 spiro atoms. The molecular formula is C17H26N2O. The summed E-state index contributed by atoms with van der Waals surface area (Å²) in [6.07, 6.45) is 5.10. The lowest BCUT2D eigenvalue weighted by atomic mass is 10.1. The first-order chi connectivity index (χ1) is 9.86. The van der Waals surface area contributed by atoms with Crippen LogP contribution in [0.1, 0.15) is 24.8 Å². The van der Waals surface area contributed by atoms with Crippen LogP contribution in [0.25, 0.3) is 0 Å². The summed E-state index contributed by atoms with van der Waals surface area (Å²) in [5, 5.41) is 3.67. The first-order valence-electron chi connectivity index (χ1n) is 7.92. The Kier molecular flexibility index (Phi) is 4.58. The number of anilines is 1. The Hall–Kier alpha value is -1.06. The predicted molar refractivity (Wildman–Crippen MR) is 83.4 cm³/mol. The van der Waals surface area contributed by atoms with Gasteiger partial charge in [-0.15, -0.1) is 0 Å². The van der Waals surface area contributed by atoms with E-state index >= 15 is 0 Å². The molecule has 20 heavy (non-hydrogen) atoms. The molecule has 1 atom stereocenters. The molecule has 2 fully saturated rings. The Morgan fingerprint density at radius 3 is 2.90 bits per heavy atom. The van der Waals surface area contributed by atoms with E-state index in [0.29, 0.717) is 0 Å². The van der Waals surface area contributed by atoms with E-state index in [4.69, 9.17) is 4.74 Å². The lowest BCUT2D eigenvalue weighted by molar-refractivity contribution is 0.202. The number of hydrogen-bond acceptors (Lipinski definition) is 3. The maximum absolute atomic E-state index is 5.23. The molecule has 0 amide bonds. The third-order valence-electron chi connectivity index (χ3n) is 4.47. The lowest BCUT2D eigenvalue weighted by Crippen LogP contribution is -2.28. The Bertz CT molecular complexity index is 431. The second kappa shape index (κ2) is 6.59. The fraction of sp³-hybridized carbons (Fsp3) is 0.647. The minimum Gasteiger partial charge on any atom is -0.384 e. The van der Waals surface area contributed by atoms with Crippen LogP contribution in [0.2, 0.25) is 0 Å². The van der Waals surface area contributed by atoms with E-state index in [9.17, 15) is 0 Å². The summed E-state index contributed by atoms with van der Waals surface area (Å²) in [4.78, 5) is 2.56. The predicted octanol–water partition coefficient (Wildman–Crippen LogP) is 2.45. The summed E-state index contributed by atoms with van der Waals surface area (Å²) >= 11 is 0. The van der Waals surface area contributed by atoms with Crippen LogP contribution < -0.4 is 10.2 Å². The number of benzene rings is 1. The van der Waals surface area contributed by atoms with Gasteiger partial charge in [-0.2, -0.15) is 0 Å². The van der Waals surface area contributed by atoms with Crippen LogP contribution in [0, 0.1) is 5.92 Å². The van der Waals surface area contributed by atoms with Gasteiger partial charge in [-0.1, -0.05) is 18.2 Å². The van der Waals surface area contributed by atoms with Crippen molar-refractivity contribution in [2.45, 2.75) is 31.7 Å². The molecule has 1 aromatic rings. The maximum Gasteiger partial charge on any atom is 0.0503 e. The van der Waals surface area contributed by atoms with Gasteiger partial charge in [0.05, 0.1) is 6.61 Å². The van der Waals surface area contributed by atoms with Crippen LogP contribution >= 0.6 is 0 Å². The second-order valence-electron chi connectivity index (χ2n) is 6.15. The number of hydrogen-bond donors (Lipinski definition) is 1. The zero-order valence-corrected chi connectivity index (χ0v) is 12.5. The van der Waals surface area contributed by atoms with Crippen LogP contribution in [0.3, 0.4) is 0 Å². The van der Waals surface area contributed by atoms with Gasteiger partial charge in [0.2, 0.25) is 0 Å². The van der Waals surface area contributed by atoms with Gasteiger partial charge in [-0.25, -0.2) is 0 Å². The van der Waals surface area contributed by atoms with Crippen molar-refractivity contribution >= 4 is 5.69 Å². The molecular weight excluding hydrogens is 248 g/mol. The van der Waals surface area contributed by atoms with E-state index in [1.165, 1.54) is 50.1 Å². The van der Waals surface area contributed by atoms with Gasteiger partial charge in [0.25, 0.3) is 0 Å². The molecule has 3 rings (SSSR count). The molecule has 0 bridgehead atoms. The van der Waals surface area contributed by atoms with E-state index < -0.39 is 0 Å². The van der Waals surface area contributed by atoms with Crippen LogP contribution in [0.15, 0.2) is 24.3 Å². The van der Waals surface area contributed by atoms with Crippen LogP contribution in [0.4, 0.5) is 5.69 Å². The van der Waals surface area contributed by atoms with Crippen molar-refractivity contribution in [1.29, 1.82) is 0 Å². The first-order valence-corrected chi connectivity index (χ1v) is 7.92. The maximum atomic E-state index is 5.23. The fourth-order valence-corrected chi connectivity index (χ4v) is 3.08. The van der Waals surface area contributed by atoms with E-state index in [2.05, 4.69) is 34.5 Å². The molecule has 2 aliphatic rings.